The molecule has 2 aromatic carbocycles. The van der Waals surface area contributed by atoms with Crippen LogP contribution in [0, 0.1) is 5.82 Å². The highest BCUT2D eigenvalue weighted by Gasteiger charge is 2.25. The normalized spacial score (nSPS) is 15.4. The van der Waals surface area contributed by atoms with Gasteiger partial charge in [0.25, 0.3) is 18.8 Å². The molecular formula is C21H22F5N3O2. The fourth-order valence-electron chi connectivity index (χ4n) is 3.50. The summed E-state index contributed by atoms with van der Waals surface area (Å²) in [5.41, 5.74) is 4.59. The van der Waals surface area contributed by atoms with Crippen LogP contribution >= 0.6 is 0 Å². The van der Waals surface area contributed by atoms with Crippen molar-refractivity contribution in [2.24, 2.45) is 0 Å². The standard InChI is InChI=1S/C21H22F5N3O2/c1-11(12-3-2-4-13(18(12)22)19(23)24)28-21(30)14-10-17(29-5-7-31-8-6-29)15(20(25)26)9-16(14)27/h2-4,9-11,19-20H,5-8,27H2,1H3,(H,28,30)/t11-/m1/s1. The van der Waals surface area contributed by atoms with Gasteiger partial charge in [0.1, 0.15) is 5.82 Å². The first-order chi connectivity index (χ1) is 14.7. The second kappa shape index (κ2) is 9.51. The number of benzene rings is 2. The SMILES string of the molecule is C[C@@H](NC(=O)c1cc(N2CCOCC2)c(C(F)F)cc1N)c1cccc(C(F)F)c1F. The molecule has 1 saturated heterocycles. The van der Waals surface area contributed by atoms with Gasteiger partial charge in [-0.3, -0.25) is 4.79 Å². The van der Waals surface area contributed by atoms with Crippen LogP contribution in [0.1, 0.15) is 52.9 Å². The predicted octanol–water partition coefficient (Wildman–Crippen LogP) is 4.61. The number of carbonyl (C=O) groups excluding carboxylic acids is 1. The van der Waals surface area contributed by atoms with Gasteiger partial charge in [-0.25, -0.2) is 22.0 Å². The molecule has 2 aromatic rings. The summed E-state index contributed by atoms with van der Waals surface area (Å²) in [6.45, 7) is 2.87. The van der Waals surface area contributed by atoms with E-state index in [2.05, 4.69) is 5.32 Å². The number of amides is 1. The van der Waals surface area contributed by atoms with Crippen molar-refractivity contribution in [3.05, 3.63) is 58.4 Å². The van der Waals surface area contributed by atoms with Crippen LogP contribution in [0.2, 0.25) is 0 Å². The summed E-state index contributed by atoms with van der Waals surface area (Å²) >= 11 is 0. The van der Waals surface area contributed by atoms with Crippen molar-refractivity contribution in [1.82, 2.24) is 5.32 Å². The molecule has 168 valence electrons. The molecule has 1 aliphatic heterocycles. The second-order valence-electron chi connectivity index (χ2n) is 7.14. The monoisotopic (exact) mass is 443 g/mol. The lowest BCUT2D eigenvalue weighted by atomic mass is 10.0. The van der Waals surface area contributed by atoms with Crippen molar-refractivity contribution >= 4 is 17.3 Å². The zero-order chi connectivity index (χ0) is 22.7. The molecule has 3 rings (SSSR count). The van der Waals surface area contributed by atoms with Gasteiger partial charge in [-0.2, -0.15) is 0 Å². The molecule has 0 spiro atoms. The molecule has 0 unspecified atom stereocenters. The first-order valence-electron chi connectivity index (χ1n) is 9.62. The van der Waals surface area contributed by atoms with Gasteiger partial charge in [0.15, 0.2) is 0 Å². The Balaban J connectivity index is 1.90. The molecule has 0 saturated carbocycles. The number of nitrogens with zero attached hydrogens (tertiary/aromatic N) is 1. The Morgan fingerprint density at radius 3 is 2.29 bits per heavy atom. The van der Waals surface area contributed by atoms with Crippen LogP contribution in [0.15, 0.2) is 30.3 Å². The van der Waals surface area contributed by atoms with Crippen LogP contribution in [0.3, 0.4) is 0 Å². The number of hydrogen-bond acceptors (Lipinski definition) is 4. The van der Waals surface area contributed by atoms with Crippen molar-refractivity contribution in [3.8, 4) is 0 Å². The Morgan fingerprint density at radius 1 is 1.06 bits per heavy atom. The molecule has 31 heavy (non-hydrogen) atoms. The van der Waals surface area contributed by atoms with Gasteiger partial charge in [0, 0.05) is 35.6 Å². The molecule has 5 nitrogen and oxygen atoms in total. The van der Waals surface area contributed by atoms with Crippen LogP contribution in [0.4, 0.5) is 33.3 Å². The van der Waals surface area contributed by atoms with E-state index in [0.717, 1.165) is 12.1 Å². The van der Waals surface area contributed by atoms with Gasteiger partial charge >= 0.3 is 0 Å². The number of nitrogens with one attached hydrogen (secondary N) is 1. The number of alkyl halides is 4. The number of morpholine rings is 1. The zero-order valence-corrected chi connectivity index (χ0v) is 16.7. The summed E-state index contributed by atoms with van der Waals surface area (Å²) in [6.07, 6.45) is -5.81. The van der Waals surface area contributed by atoms with E-state index in [0.29, 0.717) is 26.3 Å². The average molecular weight is 443 g/mol. The molecular weight excluding hydrogens is 421 g/mol. The van der Waals surface area contributed by atoms with Crippen LogP contribution < -0.4 is 16.0 Å². The highest BCUT2D eigenvalue weighted by atomic mass is 19.3. The largest absolute Gasteiger partial charge is 0.398 e. The summed E-state index contributed by atoms with van der Waals surface area (Å²) in [6, 6.07) is 4.88. The fraction of sp³-hybridized carbons (Fsp3) is 0.381. The van der Waals surface area contributed by atoms with E-state index >= 15 is 0 Å². The number of anilines is 2. The molecule has 10 heteroatoms. The van der Waals surface area contributed by atoms with Gasteiger partial charge < -0.3 is 20.7 Å². The third-order valence-electron chi connectivity index (χ3n) is 5.14. The lowest BCUT2D eigenvalue weighted by molar-refractivity contribution is 0.0939. The lowest BCUT2D eigenvalue weighted by Crippen LogP contribution is -2.37. The van der Waals surface area contributed by atoms with E-state index in [-0.39, 0.29) is 28.1 Å². The number of halogens is 5. The first kappa shape index (κ1) is 22.8. The van der Waals surface area contributed by atoms with Crippen LogP contribution in [0.25, 0.3) is 0 Å². The fourth-order valence-corrected chi connectivity index (χ4v) is 3.50. The maximum atomic E-state index is 14.4. The van der Waals surface area contributed by atoms with Crippen LogP contribution in [-0.4, -0.2) is 32.2 Å². The number of ether oxygens (including phenoxy) is 1. The van der Waals surface area contributed by atoms with E-state index in [1.807, 2.05) is 0 Å². The minimum absolute atomic E-state index is 0.0665. The summed E-state index contributed by atoms with van der Waals surface area (Å²) in [4.78, 5) is 14.5. The molecule has 0 bridgehead atoms. The number of rotatable bonds is 6. The zero-order valence-electron chi connectivity index (χ0n) is 16.7. The summed E-state index contributed by atoms with van der Waals surface area (Å²) in [7, 11) is 0. The second-order valence-corrected chi connectivity index (χ2v) is 7.14. The number of hydrogen-bond donors (Lipinski definition) is 2. The Morgan fingerprint density at radius 2 is 1.68 bits per heavy atom. The van der Waals surface area contributed by atoms with Crippen molar-refractivity contribution in [2.45, 2.75) is 25.8 Å². The summed E-state index contributed by atoms with van der Waals surface area (Å²) in [5.74, 6) is -1.84. The molecule has 0 radical (unpaired) electrons. The molecule has 0 aromatic heterocycles. The quantitative estimate of drug-likeness (QED) is 0.506. The minimum Gasteiger partial charge on any atom is -0.398 e. The van der Waals surface area contributed by atoms with Gasteiger partial charge in [0.05, 0.1) is 30.4 Å². The van der Waals surface area contributed by atoms with E-state index < -0.39 is 36.2 Å². The van der Waals surface area contributed by atoms with Crippen molar-refractivity contribution < 1.29 is 31.5 Å². The highest BCUT2D eigenvalue weighted by Crippen LogP contribution is 2.35. The average Bonchev–Trinajstić information content (AvgIpc) is 2.73. The van der Waals surface area contributed by atoms with Crippen molar-refractivity contribution in [1.29, 1.82) is 0 Å². The molecule has 1 aliphatic rings. The molecule has 1 heterocycles. The maximum absolute atomic E-state index is 14.4. The molecule has 0 aliphatic carbocycles. The topological polar surface area (TPSA) is 67.6 Å². The number of nitrogen functional groups attached to an aromatic ring is 1. The predicted molar refractivity (Wildman–Crippen MR) is 106 cm³/mol. The Kier molecular flexibility index (Phi) is 6.99. The van der Waals surface area contributed by atoms with E-state index in [9.17, 15) is 26.7 Å². The highest BCUT2D eigenvalue weighted by molar-refractivity contribution is 6.00. The van der Waals surface area contributed by atoms with E-state index in [1.54, 1.807) is 4.90 Å². The molecule has 1 amide bonds. The van der Waals surface area contributed by atoms with Crippen molar-refractivity contribution in [3.63, 3.8) is 0 Å². The Labute approximate surface area is 176 Å². The van der Waals surface area contributed by atoms with E-state index in [4.69, 9.17) is 10.5 Å². The first-order valence-corrected chi connectivity index (χ1v) is 9.62. The maximum Gasteiger partial charge on any atom is 0.266 e. The summed E-state index contributed by atoms with van der Waals surface area (Å²) in [5, 5.41) is 2.50. The Hall–Kier alpha value is -2.88. The molecule has 1 atom stereocenters. The lowest BCUT2D eigenvalue weighted by Gasteiger charge is -2.31. The third-order valence-corrected chi connectivity index (χ3v) is 5.14. The molecule has 1 fully saturated rings. The van der Waals surface area contributed by atoms with Gasteiger partial charge in [-0.1, -0.05) is 18.2 Å². The van der Waals surface area contributed by atoms with Gasteiger partial charge in [-0.05, 0) is 19.1 Å². The Bertz CT molecular complexity index is 949. The van der Waals surface area contributed by atoms with Crippen LogP contribution in [-0.2, 0) is 4.74 Å². The van der Waals surface area contributed by atoms with Gasteiger partial charge in [-0.15, -0.1) is 0 Å². The smallest absolute Gasteiger partial charge is 0.266 e. The number of carbonyl (C=O) groups is 1. The number of nitrogens with two attached hydrogens (primary N) is 1. The molecule has 3 N–H and O–H groups in total. The summed E-state index contributed by atoms with van der Waals surface area (Å²) < 4.78 is 72.7. The minimum atomic E-state index is -3.00. The third kappa shape index (κ3) is 4.90. The van der Waals surface area contributed by atoms with Gasteiger partial charge in [0.2, 0.25) is 0 Å². The van der Waals surface area contributed by atoms with Crippen molar-refractivity contribution in [2.75, 3.05) is 36.9 Å². The van der Waals surface area contributed by atoms with Crippen LogP contribution in [0.5, 0.6) is 0 Å². The van der Waals surface area contributed by atoms with E-state index in [1.165, 1.54) is 25.1 Å².